The summed E-state index contributed by atoms with van der Waals surface area (Å²) in [7, 11) is 0. The highest BCUT2D eigenvalue weighted by molar-refractivity contribution is 6.30. The number of nitrogens with two attached hydrogens (primary N) is 1. The molecule has 2 N–H and O–H groups in total. The summed E-state index contributed by atoms with van der Waals surface area (Å²) in [4.78, 5) is 0. The molecule has 1 aromatic carbocycles. The molecule has 1 aromatic rings. The molecular formula is C15H24ClNO2. The van der Waals surface area contributed by atoms with Crippen LogP contribution in [0.3, 0.4) is 0 Å². The Kier molecular flexibility index (Phi) is 7.39. The van der Waals surface area contributed by atoms with Crippen molar-refractivity contribution in [3.8, 4) is 0 Å². The molecule has 0 aliphatic heterocycles. The number of rotatable bonds is 8. The SMILES string of the molecule is CC(C)COCCOC(c1ccc(Cl)cc1)C(C)N. The second-order valence-electron chi connectivity index (χ2n) is 5.17. The molecule has 0 radical (unpaired) electrons. The van der Waals surface area contributed by atoms with Gasteiger partial charge in [0.15, 0.2) is 0 Å². The maximum Gasteiger partial charge on any atom is 0.0974 e. The molecule has 3 nitrogen and oxygen atoms in total. The number of hydrogen-bond acceptors (Lipinski definition) is 3. The second kappa shape index (κ2) is 8.54. The topological polar surface area (TPSA) is 44.5 Å². The van der Waals surface area contributed by atoms with E-state index in [-0.39, 0.29) is 12.1 Å². The highest BCUT2D eigenvalue weighted by atomic mass is 35.5. The van der Waals surface area contributed by atoms with Crippen molar-refractivity contribution in [2.24, 2.45) is 11.7 Å². The van der Waals surface area contributed by atoms with Crippen LogP contribution in [0.15, 0.2) is 24.3 Å². The molecule has 0 spiro atoms. The van der Waals surface area contributed by atoms with E-state index in [1.54, 1.807) is 0 Å². The predicted octanol–water partition coefficient (Wildman–Crippen LogP) is 3.42. The molecule has 0 saturated heterocycles. The predicted molar refractivity (Wildman–Crippen MR) is 79.5 cm³/mol. The Bertz CT molecular complexity index is 352. The van der Waals surface area contributed by atoms with Crippen LogP contribution in [0.5, 0.6) is 0 Å². The third kappa shape index (κ3) is 6.39. The average Bonchev–Trinajstić information content (AvgIpc) is 2.34. The summed E-state index contributed by atoms with van der Waals surface area (Å²) in [6.07, 6.45) is -0.125. The molecule has 108 valence electrons. The Balaban J connectivity index is 2.43. The molecule has 0 fully saturated rings. The lowest BCUT2D eigenvalue weighted by molar-refractivity contribution is -0.00957. The lowest BCUT2D eigenvalue weighted by Crippen LogP contribution is -2.28. The first kappa shape index (κ1) is 16.4. The molecule has 0 heterocycles. The molecule has 19 heavy (non-hydrogen) atoms. The lowest BCUT2D eigenvalue weighted by Gasteiger charge is -2.22. The number of hydrogen-bond donors (Lipinski definition) is 1. The summed E-state index contributed by atoms with van der Waals surface area (Å²) in [6, 6.07) is 7.53. The quantitative estimate of drug-likeness (QED) is 0.745. The van der Waals surface area contributed by atoms with Crippen LogP contribution in [0, 0.1) is 5.92 Å². The van der Waals surface area contributed by atoms with Crippen LogP contribution in [0.4, 0.5) is 0 Å². The van der Waals surface area contributed by atoms with Gasteiger partial charge in [0.25, 0.3) is 0 Å². The fourth-order valence-electron chi connectivity index (χ4n) is 1.76. The Morgan fingerprint density at radius 2 is 1.74 bits per heavy atom. The van der Waals surface area contributed by atoms with Gasteiger partial charge >= 0.3 is 0 Å². The van der Waals surface area contributed by atoms with Crippen LogP contribution in [0.1, 0.15) is 32.4 Å². The summed E-state index contributed by atoms with van der Waals surface area (Å²) in [5.74, 6) is 0.542. The molecule has 4 heteroatoms. The fourth-order valence-corrected chi connectivity index (χ4v) is 1.88. The first-order valence-corrected chi connectivity index (χ1v) is 7.09. The zero-order valence-electron chi connectivity index (χ0n) is 11.9. The highest BCUT2D eigenvalue weighted by Gasteiger charge is 2.16. The van der Waals surface area contributed by atoms with E-state index in [1.807, 2.05) is 31.2 Å². The van der Waals surface area contributed by atoms with Crippen molar-refractivity contribution in [3.63, 3.8) is 0 Å². The summed E-state index contributed by atoms with van der Waals surface area (Å²) in [5, 5.41) is 0.715. The minimum atomic E-state index is -0.125. The van der Waals surface area contributed by atoms with Crippen molar-refractivity contribution in [3.05, 3.63) is 34.9 Å². The van der Waals surface area contributed by atoms with Crippen molar-refractivity contribution in [1.29, 1.82) is 0 Å². The van der Waals surface area contributed by atoms with E-state index in [1.165, 1.54) is 0 Å². The van der Waals surface area contributed by atoms with Crippen LogP contribution < -0.4 is 5.73 Å². The molecule has 0 amide bonds. The minimum Gasteiger partial charge on any atom is -0.379 e. The molecule has 1 rings (SSSR count). The maximum atomic E-state index is 5.97. The van der Waals surface area contributed by atoms with E-state index in [0.717, 1.165) is 12.2 Å². The van der Waals surface area contributed by atoms with Crippen molar-refractivity contribution >= 4 is 11.6 Å². The van der Waals surface area contributed by atoms with Gasteiger partial charge in [0.1, 0.15) is 0 Å². The Morgan fingerprint density at radius 1 is 1.11 bits per heavy atom. The van der Waals surface area contributed by atoms with Gasteiger partial charge in [-0.1, -0.05) is 37.6 Å². The molecule has 2 atom stereocenters. The molecule has 0 aromatic heterocycles. The van der Waals surface area contributed by atoms with Crippen molar-refractivity contribution < 1.29 is 9.47 Å². The van der Waals surface area contributed by atoms with Crippen molar-refractivity contribution in [1.82, 2.24) is 0 Å². The van der Waals surface area contributed by atoms with Gasteiger partial charge in [0.2, 0.25) is 0 Å². The normalized spacial score (nSPS) is 14.6. The summed E-state index contributed by atoms with van der Waals surface area (Å²) < 4.78 is 11.3. The van der Waals surface area contributed by atoms with E-state index in [4.69, 9.17) is 26.8 Å². The Hall–Kier alpha value is -0.610. The molecule has 0 saturated carbocycles. The number of halogens is 1. The van der Waals surface area contributed by atoms with Crippen LogP contribution in [0.25, 0.3) is 0 Å². The first-order chi connectivity index (χ1) is 9.00. The smallest absolute Gasteiger partial charge is 0.0974 e. The Morgan fingerprint density at radius 3 is 2.26 bits per heavy atom. The van der Waals surface area contributed by atoms with Crippen LogP contribution in [-0.4, -0.2) is 25.9 Å². The second-order valence-corrected chi connectivity index (χ2v) is 5.61. The number of benzene rings is 1. The van der Waals surface area contributed by atoms with Gasteiger partial charge in [-0.2, -0.15) is 0 Å². The van der Waals surface area contributed by atoms with Gasteiger partial charge in [-0.25, -0.2) is 0 Å². The third-order valence-electron chi connectivity index (χ3n) is 2.65. The van der Waals surface area contributed by atoms with Gasteiger partial charge < -0.3 is 15.2 Å². The standard InChI is InChI=1S/C15H24ClNO2/c1-11(2)10-18-8-9-19-15(12(3)17)13-4-6-14(16)7-5-13/h4-7,11-12,15H,8-10,17H2,1-3H3. The van der Waals surface area contributed by atoms with E-state index in [2.05, 4.69) is 13.8 Å². The summed E-state index contributed by atoms with van der Waals surface area (Å²) >= 11 is 5.88. The van der Waals surface area contributed by atoms with Crippen molar-refractivity contribution in [2.45, 2.75) is 32.9 Å². The zero-order valence-corrected chi connectivity index (χ0v) is 12.7. The van der Waals surface area contributed by atoms with E-state index >= 15 is 0 Å². The fraction of sp³-hybridized carbons (Fsp3) is 0.600. The molecule has 2 unspecified atom stereocenters. The molecule has 0 aliphatic rings. The van der Waals surface area contributed by atoms with Gasteiger partial charge in [0.05, 0.1) is 19.3 Å². The van der Waals surface area contributed by atoms with Gasteiger partial charge in [-0.3, -0.25) is 0 Å². The van der Waals surface area contributed by atoms with Crippen LogP contribution >= 0.6 is 11.6 Å². The Labute approximate surface area is 121 Å². The van der Waals surface area contributed by atoms with Gasteiger partial charge in [-0.15, -0.1) is 0 Å². The summed E-state index contributed by atoms with van der Waals surface area (Å²) in [6.45, 7) is 8.08. The zero-order chi connectivity index (χ0) is 14.3. The van der Waals surface area contributed by atoms with E-state index < -0.39 is 0 Å². The largest absolute Gasteiger partial charge is 0.379 e. The summed E-state index contributed by atoms with van der Waals surface area (Å²) in [5.41, 5.74) is 7.02. The van der Waals surface area contributed by atoms with Crippen LogP contribution in [-0.2, 0) is 9.47 Å². The van der Waals surface area contributed by atoms with Crippen LogP contribution in [0.2, 0.25) is 5.02 Å². The van der Waals surface area contributed by atoms with Crippen molar-refractivity contribution in [2.75, 3.05) is 19.8 Å². The maximum absolute atomic E-state index is 5.97. The van der Waals surface area contributed by atoms with E-state index in [0.29, 0.717) is 24.2 Å². The first-order valence-electron chi connectivity index (χ1n) is 6.71. The van der Waals surface area contributed by atoms with Gasteiger partial charge in [-0.05, 0) is 30.5 Å². The minimum absolute atomic E-state index is 0.0775. The average molecular weight is 286 g/mol. The lowest BCUT2D eigenvalue weighted by atomic mass is 10.0. The third-order valence-corrected chi connectivity index (χ3v) is 2.90. The molecule has 0 aliphatic carbocycles. The highest BCUT2D eigenvalue weighted by Crippen LogP contribution is 2.22. The van der Waals surface area contributed by atoms with Gasteiger partial charge in [0, 0.05) is 17.7 Å². The molecular weight excluding hydrogens is 262 g/mol. The number of ether oxygens (including phenoxy) is 2. The monoisotopic (exact) mass is 285 g/mol. The van der Waals surface area contributed by atoms with E-state index in [9.17, 15) is 0 Å². The molecule has 0 bridgehead atoms.